The van der Waals surface area contributed by atoms with E-state index in [2.05, 4.69) is 38.2 Å². The highest BCUT2D eigenvalue weighted by atomic mass is 16.2. The highest BCUT2D eigenvalue weighted by molar-refractivity contribution is 5.84. The predicted molar refractivity (Wildman–Crippen MR) is 78.5 cm³/mol. The molecule has 0 aromatic heterocycles. The minimum Gasteiger partial charge on any atom is -0.340 e. The SMILES string of the molecule is Cc1cc(C)c(C(C)C(=O)N2CCNCC2)c(C)c1. The Labute approximate surface area is 116 Å². The second-order valence-electron chi connectivity index (χ2n) is 5.61. The first kappa shape index (κ1) is 14.1. The van der Waals surface area contributed by atoms with Gasteiger partial charge in [-0.05, 0) is 44.4 Å². The molecule has 0 aliphatic carbocycles. The summed E-state index contributed by atoms with van der Waals surface area (Å²) in [4.78, 5) is 14.6. The number of aryl methyl sites for hydroxylation is 3. The van der Waals surface area contributed by atoms with Gasteiger partial charge >= 0.3 is 0 Å². The fourth-order valence-electron chi connectivity index (χ4n) is 3.16. The number of benzene rings is 1. The van der Waals surface area contributed by atoms with Gasteiger partial charge in [0, 0.05) is 26.2 Å². The van der Waals surface area contributed by atoms with E-state index in [1.54, 1.807) is 0 Å². The topological polar surface area (TPSA) is 32.3 Å². The van der Waals surface area contributed by atoms with Gasteiger partial charge in [0.15, 0.2) is 0 Å². The zero-order valence-electron chi connectivity index (χ0n) is 12.4. The number of amides is 1. The second kappa shape index (κ2) is 5.74. The average molecular weight is 260 g/mol. The summed E-state index contributed by atoms with van der Waals surface area (Å²) in [7, 11) is 0. The Bertz CT molecular complexity index is 453. The summed E-state index contributed by atoms with van der Waals surface area (Å²) >= 11 is 0. The van der Waals surface area contributed by atoms with Crippen LogP contribution in [-0.2, 0) is 4.79 Å². The maximum absolute atomic E-state index is 12.6. The standard InChI is InChI=1S/C16H24N2O/c1-11-9-12(2)15(13(3)10-11)14(4)16(19)18-7-5-17-6-8-18/h9-10,14,17H,5-8H2,1-4H3. The van der Waals surface area contributed by atoms with Crippen LogP contribution in [0, 0.1) is 20.8 Å². The van der Waals surface area contributed by atoms with Crippen molar-refractivity contribution in [3.63, 3.8) is 0 Å². The van der Waals surface area contributed by atoms with Crippen molar-refractivity contribution in [3.8, 4) is 0 Å². The zero-order valence-corrected chi connectivity index (χ0v) is 12.4. The van der Waals surface area contributed by atoms with E-state index < -0.39 is 0 Å². The van der Waals surface area contributed by atoms with Gasteiger partial charge in [0.25, 0.3) is 0 Å². The van der Waals surface area contributed by atoms with Crippen LogP contribution in [0.25, 0.3) is 0 Å². The number of hydrogen-bond acceptors (Lipinski definition) is 2. The molecule has 1 atom stereocenters. The van der Waals surface area contributed by atoms with E-state index in [1.807, 2.05) is 11.8 Å². The molecule has 1 amide bonds. The van der Waals surface area contributed by atoms with Gasteiger partial charge < -0.3 is 10.2 Å². The molecule has 1 saturated heterocycles. The molecule has 1 N–H and O–H groups in total. The number of hydrogen-bond donors (Lipinski definition) is 1. The minimum atomic E-state index is -0.0429. The van der Waals surface area contributed by atoms with Gasteiger partial charge in [-0.15, -0.1) is 0 Å². The van der Waals surface area contributed by atoms with Crippen molar-refractivity contribution in [1.29, 1.82) is 0 Å². The first-order valence-corrected chi connectivity index (χ1v) is 7.08. The van der Waals surface area contributed by atoms with Gasteiger partial charge in [-0.3, -0.25) is 4.79 Å². The van der Waals surface area contributed by atoms with E-state index in [9.17, 15) is 4.79 Å². The minimum absolute atomic E-state index is 0.0429. The molecule has 3 nitrogen and oxygen atoms in total. The van der Waals surface area contributed by atoms with Crippen molar-refractivity contribution in [1.82, 2.24) is 10.2 Å². The Morgan fingerprint density at radius 3 is 2.21 bits per heavy atom. The molecule has 0 saturated carbocycles. The number of nitrogens with zero attached hydrogens (tertiary/aromatic N) is 1. The third-order valence-corrected chi connectivity index (χ3v) is 3.97. The molecule has 19 heavy (non-hydrogen) atoms. The van der Waals surface area contributed by atoms with Crippen LogP contribution in [0.1, 0.15) is 35.1 Å². The summed E-state index contributed by atoms with van der Waals surface area (Å²) in [6.07, 6.45) is 0. The van der Waals surface area contributed by atoms with Gasteiger partial charge in [-0.1, -0.05) is 17.7 Å². The predicted octanol–water partition coefficient (Wildman–Crippen LogP) is 2.15. The van der Waals surface area contributed by atoms with Crippen LogP contribution in [0.2, 0.25) is 0 Å². The molecular weight excluding hydrogens is 236 g/mol. The maximum atomic E-state index is 12.6. The lowest BCUT2D eigenvalue weighted by Crippen LogP contribution is -2.47. The number of nitrogens with one attached hydrogen (secondary N) is 1. The lowest BCUT2D eigenvalue weighted by atomic mass is 9.89. The lowest BCUT2D eigenvalue weighted by Gasteiger charge is -2.31. The molecule has 1 unspecified atom stereocenters. The third kappa shape index (κ3) is 2.98. The van der Waals surface area contributed by atoms with Gasteiger partial charge in [0.1, 0.15) is 0 Å². The van der Waals surface area contributed by atoms with Crippen molar-refractivity contribution in [2.75, 3.05) is 26.2 Å². The van der Waals surface area contributed by atoms with Crippen molar-refractivity contribution in [2.24, 2.45) is 0 Å². The fraction of sp³-hybridized carbons (Fsp3) is 0.562. The molecular formula is C16H24N2O. The number of rotatable bonds is 2. The highest BCUT2D eigenvalue weighted by Crippen LogP contribution is 2.26. The zero-order chi connectivity index (χ0) is 14.0. The van der Waals surface area contributed by atoms with Gasteiger partial charge in [0.05, 0.1) is 5.92 Å². The normalized spacial score (nSPS) is 17.4. The molecule has 1 aliphatic heterocycles. The molecule has 0 spiro atoms. The molecule has 0 bridgehead atoms. The maximum Gasteiger partial charge on any atom is 0.229 e. The van der Waals surface area contributed by atoms with Crippen LogP contribution < -0.4 is 5.32 Å². The Hall–Kier alpha value is -1.35. The molecule has 1 fully saturated rings. The summed E-state index contributed by atoms with van der Waals surface area (Å²) < 4.78 is 0. The van der Waals surface area contributed by atoms with E-state index in [4.69, 9.17) is 0 Å². The smallest absolute Gasteiger partial charge is 0.229 e. The second-order valence-corrected chi connectivity index (χ2v) is 5.61. The third-order valence-electron chi connectivity index (χ3n) is 3.97. The Balaban J connectivity index is 2.23. The first-order chi connectivity index (χ1) is 9.00. The van der Waals surface area contributed by atoms with Crippen LogP contribution in [0.4, 0.5) is 0 Å². The summed E-state index contributed by atoms with van der Waals surface area (Å²) in [6.45, 7) is 11.8. The average Bonchev–Trinajstić information content (AvgIpc) is 2.37. The van der Waals surface area contributed by atoms with E-state index in [0.29, 0.717) is 0 Å². The number of piperazine rings is 1. The van der Waals surface area contributed by atoms with Crippen molar-refractivity contribution >= 4 is 5.91 Å². The monoisotopic (exact) mass is 260 g/mol. The largest absolute Gasteiger partial charge is 0.340 e. The summed E-state index contributed by atoms with van der Waals surface area (Å²) in [5.74, 6) is 0.218. The molecule has 1 aromatic rings. The highest BCUT2D eigenvalue weighted by Gasteiger charge is 2.25. The summed E-state index contributed by atoms with van der Waals surface area (Å²) in [5.41, 5.74) is 4.93. The first-order valence-electron chi connectivity index (χ1n) is 7.08. The molecule has 1 aliphatic rings. The molecule has 0 radical (unpaired) electrons. The van der Waals surface area contributed by atoms with E-state index in [-0.39, 0.29) is 11.8 Å². The molecule has 104 valence electrons. The molecule has 1 heterocycles. The Morgan fingerprint density at radius 1 is 1.16 bits per heavy atom. The fourth-order valence-corrected chi connectivity index (χ4v) is 3.16. The molecule has 1 aromatic carbocycles. The Morgan fingerprint density at radius 2 is 1.68 bits per heavy atom. The van der Waals surface area contributed by atoms with Gasteiger partial charge in [0.2, 0.25) is 5.91 Å². The van der Waals surface area contributed by atoms with E-state index in [0.717, 1.165) is 26.2 Å². The van der Waals surface area contributed by atoms with Gasteiger partial charge in [-0.25, -0.2) is 0 Å². The molecule has 2 rings (SSSR count). The number of carbonyl (C=O) groups is 1. The van der Waals surface area contributed by atoms with E-state index >= 15 is 0 Å². The Kier molecular flexibility index (Phi) is 4.25. The summed E-state index contributed by atoms with van der Waals surface area (Å²) in [6, 6.07) is 4.34. The van der Waals surface area contributed by atoms with Crippen LogP contribution >= 0.6 is 0 Å². The lowest BCUT2D eigenvalue weighted by molar-refractivity contribution is -0.133. The van der Waals surface area contributed by atoms with Crippen molar-refractivity contribution in [3.05, 3.63) is 34.4 Å². The van der Waals surface area contributed by atoms with Crippen molar-refractivity contribution < 1.29 is 4.79 Å². The quantitative estimate of drug-likeness (QED) is 0.883. The van der Waals surface area contributed by atoms with Crippen molar-refractivity contribution in [2.45, 2.75) is 33.6 Å². The van der Waals surface area contributed by atoms with Crippen LogP contribution in [0.15, 0.2) is 12.1 Å². The summed E-state index contributed by atoms with van der Waals surface area (Å²) in [5, 5.41) is 3.28. The van der Waals surface area contributed by atoms with E-state index in [1.165, 1.54) is 22.3 Å². The molecule has 3 heteroatoms. The van der Waals surface area contributed by atoms with Crippen LogP contribution in [0.5, 0.6) is 0 Å². The number of carbonyl (C=O) groups excluding carboxylic acids is 1. The van der Waals surface area contributed by atoms with Crippen LogP contribution in [-0.4, -0.2) is 37.0 Å². The van der Waals surface area contributed by atoms with Crippen LogP contribution in [0.3, 0.4) is 0 Å². The van der Waals surface area contributed by atoms with Gasteiger partial charge in [-0.2, -0.15) is 0 Å².